The highest BCUT2D eigenvalue weighted by molar-refractivity contribution is 5.82. The number of hydrogen-bond acceptors (Lipinski definition) is 4. The summed E-state index contributed by atoms with van der Waals surface area (Å²) in [5.74, 6) is 0.554. The maximum Gasteiger partial charge on any atom is 0.143 e. The number of pyridine rings is 1. The van der Waals surface area contributed by atoms with Crippen molar-refractivity contribution in [2.45, 2.75) is 19.3 Å². The third kappa shape index (κ3) is 3.43. The van der Waals surface area contributed by atoms with Crippen LogP contribution < -0.4 is 5.73 Å². The Labute approximate surface area is 107 Å². The normalized spacial score (nSPS) is 22.0. The fourth-order valence-corrected chi connectivity index (χ4v) is 2.41. The van der Waals surface area contributed by atoms with Crippen LogP contribution in [-0.4, -0.2) is 40.6 Å². The van der Waals surface area contributed by atoms with Gasteiger partial charge < -0.3 is 15.8 Å². The summed E-state index contributed by atoms with van der Waals surface area (Å²) in [4.78, 5) is 6.49. The zero-order chi connectivity index (χ0) is 12.8. The van der Waals surface area contributed by atoms with Crippen LogP contribution in [-0.2, 0) is 6.42 Å². The third-order valence-corrected chi connectivity index (χ3v) is 3.48. The molecule has 1 aliphatic heterocycles. The van der Waals surface area contributed by atoms with E-state index in [2.05, 4.69) is 21.1 Å². The molecule has 0 radical (unpaired) electrons. The lowest BCUT2D eigenvalue weighted by molar-refractivity contribution is 0.202. The van der Waals surface area contributed by atoms with Crippen molar-refractivity contribution in [1.29, 1.82) is 0 Å². The highest BCUT2D eigenvalue weighted by Crippen LogP contribution is 2.16. The number of oxime groups is 1. The SMILES string of the molecule is NC(=NO)C1CCCN(CCc2cccnc2)C1. The van der Waals surface area contributed by atoms with Crippen molar-refractivity contribution in [3.05, 3.63) is 30.1 Å². The maximum absolute atomic E-state index is 8.72. The lowest BCUT2D eigenvalue weighted by Gasteiger charge is -2.31. The molecule has 0 saturated carbocycles. The standard InChI is InChI=1S/C13H20N4O/c14-13(16-18)12-4-2-7-17(10-12)8-5-11-3-1-6-15-9-11/h1,3,6,9,12,18H,2,4-5,7-8,10H2,(H2,14,16). The molecule has 0 amide bonds. The molecule has 2 heterocycles. The fraction of sp³-hybridized carbons (Fsp3) is 0.538. The molecule has 1 fully saturated rings. The first-order valence-corrected chi connectivity index (χ1v) is 6.38. The monoisotopic (exact) mass is 248 g/mol. The van der Waals surface area contributed by atoms with Crippen LogP contribution in [0.15, 0.2) is 29.7 Å². The summed E-state index contributed by atoms with van der Waals surface area (Å²) < 4.78 is 0. The number of likely N-dealkylation sites (tertiary alicyclic amines) is 1. The first kappa shape index (κ1) is 12.8. The summed E-state index contributed by atoms with van der Waals surface area (Å²) in [6.07, 6.45) is 6.81. The molecule has 0 bridgehead atoms. The van der Waals surface area contributed by atoms with Gasteiger partial charge in [0.05, 0.1) is 0 Å². The summed E-state index contributed by atoms with van der Waals surface area (Å²) in [5, 5.41) is 11.8. The lowest BCUT2D eigenvalue weighted by Crippen LogP contribution is -2.42. The van der Waals surface area contributed by atoms with Gasteiger partial charge in [0.15, 0.2) is 0 Å². The van der Waals surface area contributed by atoms with Gasteiger partial charge in [-0.05, 0) is 37.4 Å². The van der Waals surface area contributed by atoms with Gasteiger partial charge in [0, 0.05) is 31.4 Å². The predicted molar refractivity (Wildman–Crippen MR) is 70.5 cm³/mol. The van der Waals surface area contributed by atoms with E-state index >= 15 is 0 Å². The minimum Gasteiger partial charge on any atom is -0.409 e. The first-order valence-electron chi connectivity index (χ1n) is 6.38. The second kappa shape index (κ2) is 6.35. The van der Waals surface area contributed by atoms with E-state index in [1.165, 1.54) is 5.56 Å². The van der Waals surface area contributed by atoms with Crippen molar-refractivity contribution in [2.75, 3.05) is 19.6 Å². The Hall–Kier alpha value is -1.62. The van der Waals surface area contributed by atoms with Gasteiger partial charge >= 0.3 is 0 Å². The van der Waals surface area contributed by atoms with Gasteiger partial charge in [-0.15, -0.1) is 0 Å². The van der Waals surface area contributed by atoms with Gasteiger partial charge in [0.25, 0.3) is 0 Å². The van der Waals surface area contributed by atoms with Gasteiger partial charge in [0.2, 0.25) is 0 Å². The summed E-state index contributed by atoms with van der Waals surface area (Å²) in [7, 11) is 0. The second-order valence-electron chi connectivity index (χ2n) is 4.78. The summed E-state index contributed by atoms with van der Waals surface area (Å²) in [6, 6.07) is 4.06. The maximum atomic E-state index is 8.72. The second-order valence-corrected chi connectivity index (χ2v) is 4.78. The highest BCUT2D eigenvalue weighted by atomic mass is 16.4. The molecule has 0 aromatic carbocycles. The van der Waals surface area contributed by atoms with Crippen molar-refractivity contribution >= 4 is 5.84 Å². The molecule has 1 aromatic rings. The molecule has 1 aliphatic rings. The van der Waals surface area contributed by atoms with E-state index in [0.29, 0.717) is 5.84 Å². The minimum atomic E-state index is 0.192. The molecule has 1 atom stereocenters. The fourth-order valence-electron chi connectivity index (χ4n) is 2.41. The highest BCUT2D eigenvalue weighted by Gasteiger charge is 2.22. The number of piperidine rings is 1. The van der Waals surface area contributed by atoms with Gasteiger partial charge in [-0.25, -0.2) is 0 Å². The van der Waals surface area contributed by atoms with Crippen LogP contribution in [0.4, 0.5) is 0 Å². The van der Waals surface area contributed by atoms with Gasteiger partial charge in [0.1, 0.15) is 5.84 Å². The summed E-state index contributed by atoms with van der Waals surface area (Å²) in [6.45, 7) is 2.98. The van der Waals surface area contributed by atoms with Crippen LogP contribution in [0.25, 0.3) is 0 Å². The van der Waals surface area contributed by atoms with Crippen molar-refractivity contribution < 1.29 is 5.21 Å². The Morgan fingerprint density at radius 2 is 2.50 bits per heavy atom. The molecular formula is C13H20N4O. The molecular weight excluding hydrogens is 228 g/mol. The predicted octanol–water partition coefficient (Wildman–Crippen LogP) is 1.08. The molecule has 2 rings (SSSR count). The van der Waals surface area contributed by atoms with Crippen LogP contribution >= 0.6 is 0 Å². The van der Waals surface area contributed by atoms with Crippen LogP contribution in [0, 0.1) is 5.92 Å². The zero-order valence-electron chi connectivity index (χ0n) is 10.5. The Kier molecular flexibility index (Phi) is 4.52. The van der Waals surface area contributed by atoms with Gasteiger partial charge in [-0.3, -0.25) is 4.98 Å². The van der Waals surface area contributed by atoms with Gasteiger partial charge in [-0.2, -0.15) is 0 Å². The largest absolute Gasteiger partial charge is 0.409 e. The third-order valence-electron chi connectivity index (χ3n) is 3.48. The minimum absolute atomic E-state index is 0.192. The molecule has 3 N–H and O–H groups in total. The number of aromatic nitrogens is 1. The molecule has 0 spiro atoms. The number of hydrogen-bond donors (Lipinski definition) is 2. The molecule has 1 unspecified atom stereocenters. The molecule has 1 saturated heterocycles. The van der Waals surface area contributed by atoms with E-state index < -0.39 is 0 Å². The molecule has 98 valence electrons. The smallest absolute Gasteiger partial charge is 0.143 e. The van der Waals surface area contributed by atoms with E-state index in [1.807, 2.05) is 12.3 Å². The Balaban J connectivity index is 1.83. The van der Waals surface area contributed by atoms with Crippen LogP contribution in [0.5, 0.6) is 0 Å². The molecule has 18 heavy (non-hydrogen) atoms. The average molecular weight is 248 g/mol. The Morgan fingerprint density at radius 3 is 3.22 bits per heavy atom. The van der Waals surface area contributed by atoms with Crippen molar-refractivity contribution in [3.8, 4) is 0 Å². The number of nitrogens with two attached hydrogens (primary N) is 1. The lowest BCUT2D eigenvalue weighted by atomic mass is 9.97. The zero-order valence-corrected chi connectivity index (χ0v) is 10.5. The molecule has 5 heteroatoms. The van der Waals surface area contributed by atoms with Crippen molar-refractivity contribution in [1.82, 2.24) is 9.88 Å². The quantitative estimate of drug-likeness (QED) is 0.362. The van der Waals surface area contributed by atoms with Crippen LogP contribution in [0.1, 0.15) is 18.4 Å². The van der Waals surface area contributed by atoms with E-state index in [-0.39, 0.29) is 5.92 Å². The topological polar surface area (TPSA) is 74.7 Å². The Bertz CT molecular complexity index is 393. The van der Waals surface area contributed by atoms with Crippen molar-refractivity contribution in [3.63, 3.8) is 0 Å². The summed E-state index contributed by atoms with van der Waals surface area (Å²) >= 11 is 0. The van der Waals surface area contributed by atoms with Crippen LogP contribution in [0.2, 0.25) is 0 Å². The Morgan fingerprint density at radius 1 is 1.61 bits per heavy atom. The molecule has 0 aliphatic carbocycles. The number of amidine groups is 1. The van der Waals surface area contributed by atoms with E-state index in [4.69, 9.17) is 10.9 Å². The average Bonchev–Trinajstić information content (AvgIpc) is 2.45. The van der Waals surface area contributed by atoms with Crippen LogP contribution in [0.3, 0.4) is 0 Å². The van der Waals surface area contributed by atoms with E-state index in [1.54, 1.807) is 6.20 Å². The number of rotatable bonds is 4. The van der Waals surface area contributed by atoms with Gasteiger partial charge in [-0.1, -0.05) is 11.2 Å². The summed E-state index contributed by atoms with van der Waals surface area (Å²) in [5.41, 5.74) is 6.93. The number of nitrogens with zero attached hydrogens (tertiary/aromatic N) is 3. The van der Waals surface area contributed by atoms with Crippen molar-refractivity contribution in [2.24, 2.45) is 16.8 Å². The van der Waals surface area contributed by atoms with E-state index in [9.17, 15) is 0 Å². The first-order chi connectivity index (χ1) is 8.79. The molecule has 1 aromatic heterocycles. The van der Waals surface area contributed by atoms with E-state index in [0.717, 1.165) is 38.9 Å². The molecule has 5 nitrogen and oxygen atoms in total.